The maximum Gasteiger partial charge on any atom is 0.317 e. The van der Waals surface area contributed by atoms with Crippen LogP contribution in [0.1, 0.15) is 50.6 Å². The minimum absolute atomic E-state index is 0.0157. The molecule has 2 aromatic heterocycles. The lowest BCUT2D eigenvalue weighted by Gasteiger charge is -2.29. The highest BCUT2D eigenvalue weighted by molar-refractivity contribution is 7.15. The molecule has 0 saturated heterocycles. The average Bonchev–Trinajstić information content (AvgIpc) is 3.04. The number of amides is 2. The summed E-state index contributed by atoms with van der Waals surface area (Å²) in [5, 5.41) is 5.01. The number of carbonyl (C=O) groups is 1. The molecule has 2 aromatic rings. The first-order valence-electron chi connectivity index (χ1n) is 8.16. The Bertz CT molecular complexity index is 584. The predicted octanol–water partition coefficient (Wildman–Crippen LogP) is 3.65. The third-order valence-electron chi connectivity index (χ3n) is 4.51. The van der Waals surface area contributed by atoms with Gasteiger partial charge in [0.25, 0.3) is 0 Å². The van der Waals surface area contributed by atoms with E-state index in [0.29, 0.717) is 12.6 Å². The van der Waals surface area contributed by atoms with Crippen molar-refractivity contribution >= 4 is 22.3 Å². The lowest BCUT2D eigenvalue weighted by Crippen LogP contribution is -2.43. The van der Waals surface area contributed by atoms with Gasteiger partial charge in [0, 0.05) is 30.9 Å². The van der Waals surface area contributed by atoms with E-state index >= 15 is 0 Å². The Morgan fingerprint density at radius 1 is 1.36 bits per heavy atom. The van der Waals surface area contributed by atoms with E-state index in [2.05, 4.69) is 10.3 Å². The van der Waals surface area contributed by atoms with E-state index in [-0.39, 0.29) is 6.03 Å². The van der Waals surface area contributed by atoms with E-state index < -0.39 is 0 Å². The van der Waals surface area contributed by atoms with Gasteiger partial charge in [-0.1, -0.05) is 32.1 Å². The highest BCUT2D eigenvalue weighted by Crippen LogP contribution is 2.20. The number of rotatable bonds is 3. The molecular formula is C16H24N4OS. The Hall–Kier alpha value is -1.56. The molecule has 0 bridgehead atoms. The summed E-state index contributed by atoms with van der Waals surface area (Å²) >= 11 is 1.60. The number of fused-ring (bicyclic) bond motifs is 1. The number of hydrogen-bond donors (Lipinski definition) is 1. The molecule has 1 saturated carbocycles. The van der Waals surface area contributed by atoms with Gasteiger partial charge < -0.3 is 10.2 Å². The first kappa shape index (κ1) is 15.3. The van der Waals surface area contributed by atoms with Gasteiger partial charge in [-0.2, -0.15) is 0 Å². The van der Waals surface area contributed by atoms with Crippen molar-refractivity contribution in [2.75, 3.05) is 7.05 Å². The van der Waals surface area contributed by atoms with Crippen molar-refractivity contribution < 1.29 is 4.79 Å². The van der Waals surface area contributed by atoms with E-state index in [0.717, 1.165) is 23.5 Å². The molecule has 6 heteroatoms. The molecule has 0 aliphatic heterocycles. The van der Waals surface area contributed by atoms with Crippen molar-refractivity contribution in [2.24, 2.45) is 0 Å². The third kappa shape index (κ3) is 3.61. The largest absolute Gasteiger partial charge is 0.332 e. The maximum atomic E-state index is 12.4. The summed E-state index contributed by atoms with van der Waals surface area (Å²) in [5.41, 5.74) is 0.909. The van der Waals surface area contributed by atoms with E-state index in [9.17, 15) is 4.79 Å². The Kier molecular flexibility index (Phi) is 4.97. The van der Waals surface area contributed by atoms with Gasteiger partial charge in [-0.05, 0) is 12.8 Å². The van der Waals surface area contributed by atoms with Crippen molar-refractivity contribution in [3.8, 4) is 0 Å². The van der Waals surface area contributed by atoms with Gasteiger partial charge in [0.15, 0.2) is 4.96 Å². The predicted molar refractivity (Wildman–Crippen MR) is 89.2 cm³/mol. The fraction of sp³-hybridized carbons (Fsp3) is 0.625. The van der Waals surface area contributed by atoms with Crippen molar-refractivity contribution in [1.82, 2.24) is 19.6 Å². The fourth-order valence-electron chi connectivity index (χ4n) is 3.14. The molecule has 0 atom stereocenters. The molecular weight excluding hydrogens is 296 g/mol. The molecule has 1 fully saturated rings. The molecule has 3 rings (SSSR count). The van der Waals surface area contributed by atoms with Gasteiger partial charge >= 0.3 is 6.03 Å². The Morgan fingerprint density at radius 3 is 2.82 bits per heavy atom. The van der Waals surface area contributed by atoms with Gasteiger partial charge in [0.2, 0.25) is 0 Å². The molecule has 1 N–H and O–H groups in total. The molecule has 0 aromatic carbocycles. The second-order valence-corrected chi connectivity index (χ2v) is 6.97. The molecule has 0 spiro atoms. The summed E-state index contributed by atoms with van der Waals surface area (Å²) in [5.74, 6) is 0. The quantitative estimate of drug-likeness (QED) is 0.938. The zero-order valence-corrected chi connectivity index (χ0v) is 13.9. The van der Waals surface area contributed by atoms with Gasteiger partial charge in [0.05, 0.1) is 12.2 Å². The first-order chi connectivity index (χ1) is 10.7. The fourth-order valence-corrected chi connectivity index (χ4v) is 3.86. The molecule has 5 nitrogen and oxygen atoms in total. The number of nitrogens with one attached hydrogen (secondary N) is 1. The van der Waals surface area contributed by atoms with Gasteiger partial charge in [-0.3, -0.25) is 4.40 Å². The van der Waals surface area contributed by atoms with Crippen molar-refractivity contribution in [1.29, 1.82) is 0 Å². The van der Waals surface area contributed by atoms with Crippen LogP contribution >= 0.6 is 11.3 Å². The number of hydrogen-bond acceptors (Lipinski definition) is 3. The number of nitrogens with zero attached hydrogens (tertiary/aromatic N) is 3. The Morgan fingerprint density at radius 2 is 2.09 bits per heavy atom. The number of carbonyl (C=O) groups excluding carboxylic acids is 1. The zero-order chi connectivity index (χ0) is 15.4. The minimum Gasteiger partial charge on any atom is -0.332 e. The van der Waals surface area contributed by atoms with Gasteiger partial charge in [-0.25, -0.2) is 9.78 Å². The summed E-state index contributed by atoms with van der Waals surface area (Å²) in [6.07, 6.45) is 12.6. The first-order valence-corrected chi connectivity index (χ1v) is 9.04. The summed E-state index contributed by atoms with van der Waals surface area (Å²) < 4.78 is 1.99. The lowest BCUT2D eigenvalue weighted by atomic mass is 9.96. The van der Waals surface area contributed by atoms with Crippen LogP contribution in [0.5, 0.6) is 0 Å². The maximum absolute atomic E-state index is 12.4. The van der Waals surface area contributed by atoms with Crippen LogP contribution in [0, 0.1) is 0 Å². The molecule has 2 heterocycles. The van der Waals surface area contributed by atoms with Crippen molar-refractivity contribution in [3.05, 3.63) is 23.5 Å². The summed E-state index contributed by atoms with van der Waals surface area (Å²) in [7, 11) is 1.92. The van der Waals surface area contributed by atoms with Crippen LogP contribution in [0.25, 0.3) is 4.96 Å². The van der Waals surface area contributed by atoms with Crippen LogP contribution < -0.4 is 5.32 Å². The summed E-state index contributed by atoms with van der Waals surface area (Å²) in [4.78, 5) is 19.7. The molecule has 1 aliphatic rings. The van der Waals surface area contributed by atoms with Crippen LogP contribution in [0.2, 0.25) is 0 Å². The zero-order valence-electron chi connectivity index (χ0n) is 13.1. The van der Waals surface area contributed by atoms with Crippen LogP contribution in [0.3, 0.4) is 0 Å². The van der Waals surface area contributed by atoms with Gasteiger partial charge in [-0.15, -0.1) is 11.3 Å². The minimum atomic E-state index is 0.0157. The second-order valence-electron chi connectivity index (χ2n) is 6.09. The smallest absolute Gasteiger partial charge is 0.317 e. The van der Waals surface area contributed by atoms with Crippen LogP contribution in [-0.4, -0.2) is 33.4 Å². The monoisotopic (exact) mass is 320 g/mol. The molecule has 0 unspecified atom stereocenters. The van der Waals surface area contributed by atoms with E-state index in [1.54, 1.807) is 11.3 Å². The summed E-state index contributed by atoms with van der Waals surface area (Å²) in [6.45, 7) is 0.490. The molecule has 120 valence electrons. The van der Waals surface area contributed by atoms with Crippen molar-refractivity contribution in [2.45, 2.75) is 57.5 Å². The van der Waals surface area contributed by atoms with Crippen LogP contribution in [0.4, 0.5) is 4.79 Å². The van der Waals surface area contributed by atoms with Crippen LogP contribution in [0.15, 0.2) is 17.8 Å². The highest BCUT2D eigenvalue weighted by Gasteiger charge is 2.20. The normalized spacial score (nSPS) is 17.1. The number of aromatic nitrogens is 2. The Labute approximate surface area is 135 Å². The lowest BCUT2D eigenvalue weighted by molar-refractivity contribution is 0.178. The van der Waals surface area contributed by atoms with E-state index in [1.165, 1.54) is 32.1 Å². The van der Waals surface area contributed by atoms with E-state index in [1.807, 2.05) is 34.1 Å². The topological polar surface area (TPSA) is 49.6 Å². The molecule has 22 heavy (non-hydrogen) atoms. The number of imidazole rings is 1. The summed E-state index contributed by atoms with van der Waals surface area (Å²) in [6, 6.07) is 0.396. The Balaban J connectivity index is 1.52. The molecule has 0 radical (unpaired) electrons. The molecule has 2 amide bonds. The standard InChI is InChI=1S/C16H24N4OS/c1-19(14-7-5-3-2-4-6-8-14)15(21)17-11-13-12-20-9-10-22-16(20)18-13/h9-10,12,14H,2-8,11H2,1H3,(H,17,21). The molecule has 1 aliphatic carbocycles. The SMILES string of the molecule is CN(C(=O)NCc1cn2ccsc2n1)C1CCCCCCC1. The van der Waals surface area contributed by atoms with Gasteiger partial charge in [0.1, 0.15) is 0 Å². The number of urea groups is 1. The average molecular weight is 320 g/mol. The van der Waals surface area contributed by atoms with E-state index in [4.69, 9.17) is 0 Å². The number of thiazole rings is 1. The highest BCUT2D eigenvalue weighted by atomic mass is 32.1. The van der Waals surface area contributed by atoms with Crippen LogP contribution in [-0.2, 0) is 6.54 Å². The van der Waals surface area contributed by atoms with Crippen molar-refractivity contribution in [3.63, 3.8) is 0 Å². The third-order valence-corrected chi connectivity index (χ3v) is 5.28. The second kappa shape index (κ2) is 7.13.